The number of nitrogens with zero attached hydrogens (tertiary/aromatic N) is 2. The van der Waals surface area contributed by atoms with E-state index in [2.05, 4.69) is 205 Å². The van der Waals surface area contributed by atoms with Crippen LogP contribution < -0.4 is 4.90 Å². The van der Waals surface area contributed by atoms with Gasteiger partial charge in [0.2, 0.25) is 0 Å². The highest BCUT2D eigenvalue weighted by Crippen LogP contribution is 2.51. The van der Waals surface area contributed by atoms with E-state index in [1.807, 2.05) is 0 Å². The third-order valence-corrected chi connectivity index (χ3v) is 11.6. The number of furan rings is 1. The molecule has 0 aliphatic heterocycles. The summed E-state index contributed by atoms with van der Waals surface area (Å²) in [4.78, 5) is 2.40. The molecule has 0 amide bonds. The highest BCUT2D eigenvalue weighted by Gasteiger charge is 2.36. The zero-order valence-corrected chi connectivity index (χ0v) is 30.1. The fourth-order valence-corrected chi connectivity index (χ4v) is 9.02. The number of benzene rings is 8. The summed E-state index contributed by atoms with van der Waals surface area (Å²) < 4.78 is 8.99. The topological polar surface area (TPSA) is 21.3 Å². The van der Waals surface area contributed by atoms with Crippen LogP contribution in [-0.4, -0.2) is 4.57 Å². The molecule has 0 saturated carbocycles. The van der Waals surface area contributed by atoms with Crippen molar-refractivity contribution in [1.82, 2.24) is 4.57 Å². The lowest BCUT2D eigenvalue weighted by atomic mass is 9.82. The van der Waals surface area contributed by atoms with E-state index >= 15 is 0 Å². The summed E-state index contributed by atoms with van der Waals surface area (Å²) >= 11 is 0. The van der Waals surface area contributed by atoms with E-state index < -0.39 is 0 Å². The van der Waals surface area contributed by atoms with Crippen LogP contribution in [0.3, 0.4) is 0 Å². The van der Waals surface area contributed by atoms with Crippen LogP contribution in [-0.2, 0) is 5.41 Å². The van der Waals surface area contributed by atoms with Crippen molar-refractivity contribution < 1.29 is 4.42 Å². The third-order valence-electron chi connectivity index (χ3n) is 11.6. The molecule has 1 aliphatic carbocycles. The third kappa shape index (κ3) is 4.48. The molecule has 0 bridgehead atoms. The Morgan fingerprint density at radius 2 is 1.17 bits per heavy atom. The maximum atomic E-state index is 6.61. The van der Waals surface area contributed by atoms with Crippen LogP contribution in [0, 0.1) is 0 Å². The Hall–Kier alpha value is -6.84. The Kier molecular flexibility index (Phi) is 6.60. The minimum Gasteiger partial charge on any atom is -0.456 e. The molecule has 8 aromatic carbocycles. The summed E-state index contributed by atoms with van der Waals surface area (Å²) in [7, 11) is 0. The van der Waals surface area contributed by atoms with Gasteiger partial charge in [-0.05, 0) is 106 Å². The monoisotopic (exact) mass is 692 g/mol. The molecule has 0 spiro atoms. The molecule has 3 heteroatoms. The average molecular weight is 693 g/mol. The Morgan fingerprint density at radius 1 is 0.463 bits per heavy atom. The van der Waals surface area contributed by atoms with Crippen LogP contribution in [0.1, 0.15) is 25.0 Å². The van der Waals surface area contributed by atoms with Crippen molar-refractivity contribution in [2.75, 3.05) is 4.90 Å². The van der Waals surface area contributed by atoms with Crippen molar-refractivity contribution in [3.05, 3.63) is 193 Å². The maximum absolute atomic E-state index is 6.61. The van der Waals surface area contributed by atoms with Gasteiger partial charge in [-0.3, -0.25) is 0 Å². The van der Waals surface area contributed by atoms with E-state index in [4.69, 9.17) is 4.42 Å². The normalized spacial score (nSPS) is 13.1. The number of aromatic nitrogens is 1. The Morgan fingerprint density at radius 3 is 2.04 bits per heavy atom. The van der Waals surface area contributed by atoms with E-state index in [9.17, 15) is 0 Å². The van der Waals surface area contributed by atoms with Gasteiger partial charge >= 0.3 is 0 Å². The molecular formula is C51H36N2O. The molecule has 0 N–H and O–H groups in total. The molecule has 0 radical (unpaired) electrons. The summed E-state index contributed by atoms with van der Waals surface area (Å²) in [6.45, 7) is 4.69. The van der Waals surface area contributed by atoms with Crippen molar-refractivity contribution in [3.8, 4) is 27.9 Å². The Bertz CT molecular complexity index is 3080. The largest absolute Gasteiger partial charge is 0.456 e. The van der Waals surface area contributed by atoms with E-state index in [0.717, 1.165) is 55.8 Å². The van der Waals surface area contributed by atoms with Crippen LogP contribution in [0.25, 0.3) is 71.7 Å². The van der Waals surface area contributed by atoms with Crippen molar-refractivity contribution in [1.29, 1.82) is 0 Å². The lowest BCUT2D eigenvalue weighted by molar-refractivity contribution is 0.660. The Balaban J connectivity index is 1.11. The van der Waals surface area contributed by atoms with Crippen molar-refractivity contribution in [2.45, 2.75) is 19.3 Å². The van der Waals surface area contributed by atoms with E-state index in [1.54, 1.807) is 0 Å². The number of para-hydroxylation sites is 3. The number of hydrogen-bond donors (Lipinski definition) is 0. The molecule has 0 fully saturated rings. The molecule has 2 aromatic heterocycles. The molecule has 1 aliphatic rings. The molecule has 2 heterocycles. The Labute approximate surface area is 314 Å². The second-order valence-corrected chi connectivity index (χ2v) is 15.0. The maximum Gasteiger partial charge on any atom is 0.137 e. The molecule has 54 heavy (non-hydrogen) atoms. The summed E-state index contributed by atoms with van der Waals surface area (Å²) in [5, 5.41) is 4.69. The number of fused-ring (bicyclic) bond motifs is 9. The van der Waals surface area contributed by atoms with Crippen molar-refractivity contribution in [2.24, 2.45) is 0 Å². The number of hydrogen-bond acceptors (Lipinski definition) is 2. The van der Waals surface area contributed by atoms with Gasteiger partial charge in [-0.1, -0.05) is 123 Å². The molecule has 11 rings (SSSR count). The van der Waals surface area contributed by atoms with E-state index in [1.165, 1.54) is 44.1 Å². The summed E-state index contributed by atoms with van der Waals surface area (Å²) in [6.07, 6.45) is 0. The predicted octanol–water partition coefficient (Wildman–Crippen LogP) is 14.1. The molecule has 3 nitrogen and oxygen atoms in total. The summed E-state index contributed by atoms with van der Waals surface area (Å²) in [5.74, 6) is 0. The molecule has 0 saturated heterocycles. The zero-order valence-electron chi connectivity index (χ0n) is 30.1. The minimum absolute atomic E-state index is 0.110. The number of anilines is 3. The highest BCUT2D eigenvalue weighted by molar-refractivity contribution is 6.15. The quantitative estimate of drug-likeness (QED) is 0.179. The molecule has 10 aromatic rings. The van der Waals surface area contributed by atoms with Gasteiger partial charge in [0.1, 0.15) is 11.2 Å². The van der Waals surface area contributed by atoms with Crippen LogP contribution in [0.2, 0.25) is 0 Å². The van der Waals surface area contributed by atoms with Gasteiger partial charge in [0, 0.05) is 38.6 Å². The van der Waals surface area contributed by atoms with Gasteiger partial charge in [0.25, 0.3) is 0 Å². The van der Waals surface area contributed by atoms with E-state index in [-0.39, 0.29) is 5.41 Å². The predicted molar refractivity (Wildman–Crippen MR) is 226 cm³/mol. The first kappa shape index (κ1) is 30.8. The molecule has 256 valence electrons. The SMILES string of the molecule is CC1(C)c2ccccc2-c2ccc(N(c3ccccc3)c3cccc4oc5ccc(-c6ccc7c8ccccc8n(-c8ccccc8)c7c6)cc5c34)cc21. The highest BCUT2D eigenvalue weighted by atomic mass is 16.3. The van der Waals surface area contributed by atoms with Gasteiger partial charge in [0.15, 0.2) is 0 Å². The first-order valence-electron chi connectivity index (χ1n) is 18.7. The van der Waals surface area contributed by atoms with E-state index in [0.29, 0.717) is 0 Å². The van der Waals surface area contributed by atoms with Crippen LogP contribution in [0.4, 0.5) is 17.1 Å². The van der Waals surface area contributed by atoms with Crippen LogP contribution >= 0.6 is 0 Å². The second-order valence-electron chi connectivity index (χ2n) is 15.0. The van der Waals surface area contributed by atoms with Crippen molar-refractivity contribution in [3.63, 3.8) is 0 Å². The first-order chi connectivity index (χ1) is 26.5. The summed E-state index contributed by atoms with van der Waals surface area (Å²) in [5.41, 5.74) is 16.2. The smallest absolute Gasteiger partial charge is 0.137 e. The van der Waals surface area contributed by atoms with Gasteiger partial charge in [-0.2, -0.15) is 0 Å². The van der Waals surface area contributed by atoms with Crippen molar-refractivity contribution >= 4 is 60.8 Å². The van der Waals surface area contributed by atoms with Gasteiger partial charge in [-0.15, -0.1) is 0 Å². The van der Waals surface area contributed by atoms with Crippen LogP contribution in [0.5, 0.6) is 0 Å². The standard InChI is InChI=1S/C51H36N2O/c1-51(2)43-20-11-9-18-38(43)39-28-26-37(32-44(39)51)52(35-14-5-3-6-15-35)46-22-13-23-49-50(46)42-30-33(25-29-48(42)54-49)34-24-27-41-40-19-10-12-21-45(40)53(47(41)31-34)36-16-7-4-8-17-36/h3-32H,1-2H3. The fraction of sp³-hybridized carbons (Fsp3) is 0.0588. The van der Waals surface area contributed by atoms with Crippen LogP contribution in [0.15, 0.2) is 186 Å². The zero-order chi connectivity index (χ0) is 36.0. The second kappa shape index (κ2) is 11.6. The molecular weight excluding hydrogens is 657 g/mol. The lowest BCUT2D eigenvalue weighted by Crippen LogP contribution is -2.16. The fourth-order valence-electron chi connectivity index (χ4n) is 9.02. The minimum atomic E-state index is -0.110. The molecule has 0 atom stereocenters. The molecule has 0 unspecified atom stereocenters. The van der Waals surface area contributed by atoms with Gasteiger partial charge < -0.3 is 13.9 Å². The number of rotatable bonds is 5. The van der Waals surface area contributed by atoms with Gasteiger partial charge in [0.05, 0.1) is 22.1 Å². The summed E-state index contributed by atoms with van der Waals surface area (Å²) in [6, 6.07) is 65.8. The lowest BCUT2D eigenvalue weighted by Gasteiger charge is -2.28. The average Bonchev–Trinajstić information content (AvgIpc) is 3.84. The van der Waals surface area contributed by atoms with Gasteiger partial charge in [-0.25, -0.2) is 0 Å². The first-order valence-corrected chi connectivity index (χ1v) is 18.7.